The fourth-order valence-electron chi connectivity index (χ4n) is 1.27. The number of unbranched alkanes of at least 4 members (excludes halogenated alkanes) is 2. The maximum absolute atomic E-state index is 10.6. The molecule has 0 aliphatic heterocycles. The summed E-state index contributed by atoms with van der Waals surface area (Å²) in [4.78, 5) is 0. The van der Waals surface area contributed by atoms with E-state index in [-0.39, 0.29) is 5.75 Å². The van der Waals surface area contributed by atoms with Crippen LogP contribution in [0.15, 0.2) is 0 Å². The van der Waals surface area contributed by atoms with Crippen molar-refractivity contribution in [2.24, 2.45) is 0 Å². The van der Waals surface area contributed by atoms with E-state index >= 15 is 0 Å². The van der Waals surface area contributed by atoms with Gasteiger partial charge in [-0.15, -0.1) is 0 Å². The zero-order chi connectivity index (χ0) is 11.9. The van der Waals surface area contributed by atoms with Crippen LogP contribution < -0.4 is 0 Å². The number of ether oxygens (including phenoxy) is 2. The maximum Gasteiger partial charge on any atom is 0.232 e. The van der Waals surface area contributed by atoms with Crippen molar-refractivity contribution < 1.29 is 17.9 Å². The second-order valence-electron chi connectivity index (χ2n) is 3.99. The Morgan fingerprint density at radius 2 is 1.81 bits per heavy atom. The lowest BCUT2D eigenvalue weighted by molar-refractivity contribution is 0.0390. The standard InChI is InChI=1S/C10H19ClO4S/c11-16(12,13)9-3-1-2-6-14-7-8-15-10-4-5-10/h10H,1-9H2. The van der Waals surface area contributed by atoms with Gasteiger partial charge in [0.1, 0.15) is 0 Å². The van der Waals surface area contributed by atoms with Crippen LogP contribution in [-0.2, 0) is 18.5 Å². The Kier molecular flexibility index (Phi) is 6.65. The van der Waals surface area contributed by atoms with Crippen LogP contribution in [0.1, 0.15) is 32.1 Å². The van der Waals surface area contributed by atoms with Crippen molar-refractivity contribution in [2.45, 2.75) is 38.2 Å². The van der Waals surface area contributed by atoms with Crippen molar-refractivity contribution >= 4 is 19.7 Å². The lowest BCUT2D eigenvalue weighted by Gasteiger charge is -2.04. The van der Waals surface area contributed by atoms with E-state index in [1.54, 1.807) is 0 Å². The normalized spacial score (nSPS) is 16.6. The Morgan fingerprint density at radius 3 is 2.44 bits per heavy atom. The first kappa shape index (κ1) is 14.2. The highest BCUT2D eigenvalue weighted by Crippen LogP contribution is 2.22. The van der Waals surface area contributed by atoms with Gasteiger partial charge in [-0.25, -0.2) is 8.42 Å². The zero-order valence-electron chi connectivity index (χ0n) is 9.36. The third-order valence-electron chi connectivity index (χ3n) is 2.28. The van der Waals surface area contributed by atoms with Crippen LogP contribution in [0.3, 0.4) is 0 Å². The van der Waals surface area contributed by atoms with Crippen molar-refractivity contribution in [2.75, 3.05) is 25.6 Å². The van der Waals surface area contributed by atoms with Gasteiger partial charge in [-0.2, -0.15) is 0 Å². The lowest BCUT2D eigenvalue weighted by atomic mass is 10.3. The van der Waals surface area contributed by atoms with E-state index in [1.807, 2.05) is 0 Å². The zero-order valence-corrected chi connectivity index (χ0v) is 10.9. The first-order valence-corrected chi connectivity index (χ1v) is 8.17. The largest absolute Gasteiger partial charge is 0.379 e. The van der Waals surface area contributed by atoms with Gasteiger partial charge in [0.25, 0.3) is 0 Å². The Balaban J connectivity index is 1.73. The highest BCUT2D eigenvalue weighted by atomic mass is 35.7. The van der Waals surface area contributed by atoms with Crippen LogP contribution >= 0.6 is 10.7 Å². The molecule has 0 amide bonds. The highest BCUT2D eigenvalue weighted by molar-refractivity contribution is 8.13. The molecule has 1 aliphatic rings. The van der Waals surface area contributed by atoms with Crippen LogP contribution in [0.25, 0.3) is 0 Å². The van der Waals surface area contributed by atoms with Gasteiger partial charge in [0.2, 0.25) is 9.05 Å². The van der Waals surface area contributed by atoms with E-state index < -0.39 is 9.05 Å². The topological polar surface area (TPSA) is 52.6 Å². The summed E-state index contributed by atoms with van der Waals surface area (Å²) in [7, 11) is 1.76. The molecule has 1 rings (SSSR count). The lowest BCUT2D eigenvalue weighted by Crippen LogP contribution is -2.06. The minimum atomic E-state index is -3.32. The number of hydrogen-bond acceptors (Lipinski definition) is 4. The molecule has 0 heterocycles. The van der Waals surface area contributed by atoms with Gasteiger partial charge in [0.15, 0.2) is 0 Å². The summed E-state index contributed by atoms with van der Waals surface area (Å²) in [6, 6.07) is 0. The highest BCUT2D eigenvalue weighted by Gasteiger charge is 2.21. The molecule has 1 fully saturated rings. The summed E-state index contributed by atoms with van der Waals surface area (Å²) in [5.74, 6) is 0.0549. The van der Waals surface area contributed by atoms with Gasteiger partial charge in [0, 0.05) is 17.3 Å². The van der Waals surface area contributed by atoms with Gasteiger partial charge in [0.05, 0.1) is 25.1 Å². The first-order valence-electron chi connectivity index (χ1n) is 5.69. The molecule has 0 radical (unpaired) electrons. The van der Waals surface area contributed by atoms with Crippen LogP contribution in [-0.4, -0.2) is 40.1 Å². The molecule has 0 aromatic rings. The molecule has 0 unspecified atom stereocenters. The molecule has 16 heavy (non-hydrogen) atoms. The average Bonchev–Trinajstić information content (AvgIpc) is 2.97. The van der Waals surface area contributed by atoms with Crippen molar-refractivity contribution in [3.63, 3.8) is 0 Å². The Morgan fingerprint density at radius 1 is 1.06 bits per heavy atom. The quantitative estimate of drug-likeness (QED) is 0.450. The average molecular weight is 271 g/mol. The molecule has 0 aromatic carbocycles. The second kappa shape index (κ2) is 7.48. The molecule has 6 heteroatoms. The fourth-order valence-corrected chi connectivity index (χ4v) is 2.14. The molecule has 0 N–H and O–H groups in total. The molecule has 0 aromatic heterocycles. The fraction of sp³-hybridized carbons (Fsp3) is 1.00. The van der Waals surface area contributed by atoms with E-state index in [0.29, 0.717) is 32.3 Å². The monoisotopic (exact) mass is 270 g/mol. The van der Waals surface area contributed by atoms with Crippen molar-refractivity contribution in [1.29, 1.82) is 0 Å². The van der Waals surface area contributed by atoms with Crippen LogP contribution in [0.2, 0.25) is 0 Å². The Labute approximate surface area is 102 Å². The molecule has 1 aliphatic carbocycles. The minimum Gasteiger partial charge on any atom is -0.379 e. The van der Waals surface area contributed by atoms with E-state index in [0.717, 1.165) is 12.8 Å². The first-order chi connectivity index (χ1) is 7.58. The van der Waals surface area contributed by atoms with Gasteiger partial charge in [-0.05, 0) is 25.7 Å². The Bertz CT molecular complexity index is 275. The van der Waals surface area contributed by atoms with Gasteiger partial charge < -0.3 is 9.47 Å². The van der Waals surface area contributed by atoms with Crippen LogP contribution in [0, 0.1) is 0 Å². The van der Waals surface area contributed by atoms with Crippen molar-refractivity contribution in [3.05, 3.63) is 0 Å². The molecule has 1 saturated carbocycles. The molecule has 4 nitrogen and oxygen atoms in total. The van der Waals surface area contributed by atoms with E-state index in [1.165, 1.54) is 12.8 Å². The molecular weight excluding hydrogens is 252 g/mol. The summed E-state index contributed by atoms with van der Waals surface area (Å²) in [6.07, 6.45) is 5.16. The molecule has 0 saturated heterocycles. The maximum atomic E-state index is 10.6. The minimum absolute atomic E-state index is 0.0549. The summed E-state index contributed by atoms with van der Waals surface area (Å²) < 4.78 is 31.9. The molecule has 0 spiro atoms. The third kappa shape index (κ3) is 9.39. The van der Waals surface area contributed by atoms with Crippen molar-refractivity contribution in [1.82, 2.24) is 0 Å². The van der Waals surface area contributed by atoms with Crippen molar-refractivity contribution in [3.8, 4) is 0 Å². The van der Waals surface area contributed by atoms with Gasteiger partial charge >= 0.3 is 0 Å². The predicted molar refractivity (Wildman–Crippen MR) is 63.3 cm³/mol. The molecule has 0 atom stereocenters. The number of rotatable bonds is 10. The summed E-state index contributed by atoms with van der Waals surface area (Å²) >= 11 is 0. The molecule has 96 valence electrons. The molecular formula is C10H19ClO4S. The summed E-state index contributed by atoms with van der Waals surface area (Å²) in [5.41, 5.74) is 0. The number of halogens is 1. The smallest absolute Gasteiger partial charge is 0.232 e. The SMILES string of the molecule is O=S(=O)(Cl)CCCCCOCCOC1CC1. The van der Waals surface area contributed by atoms with Gasteiger partial charge in [-0.3, -0.25) is 0 Å². The van der Waals surface area contributed by atoms with Crippen LogP contribution in [0.5, 0.6) is 0 Å². The Hall–Kier alpha value is 0.160. The third-order valence-corrected chi connectivity index (χ3v) is 3.52. The van der Waals surface area contributed by atoms with Crippen LogP contribution in [0.4, 0.5) is 0 Å². The number of hydrogen-bond donors (Lipinski definition) is 0. The summed E-state index contributed by atoms with van der Waals surface area (Å²) in [6.45, 7) is 1.96. The predicted octanol–water partition coefficient (Wildman–Crippen LogP) is 1.92. The molecule has 0 bridgehead atoms. The van der Waals surface area contributed by atoms with E-state index in [2.05, 4.69) is 0 Å². The second-order valence-corrected chi connectivity index (χ2v) is 6.88. The van der Waals surface area contributed by atoms with E-state index in [4.69, 9.17) is 20.2 Å². The van der Waals surface area contributed by atoms with Gasteiger partial charge in [-0.1, -0.05) is 6.42 Å². The summed E-state index contributed by atoms with van der Waals surface area (Å²) in [5, 5.41) is 0. The van der Waals surface area contributed by atoms with E-state index in [9.17, 15) is 8.42 Å².